The molecule has 2 saturated heterocycles. The number of aryl methyl sites for hydroxylation is 1. The highest BCUT2D eigenvalue weighted by atomic mass is 19.4. The van der Waals surface area contributed by atoms with Crippen LogP contribution in [0.15, 0.2) is 48.8 Å². The van der Waals surface area contributed by atoms with Crippen LogP contribution < -0.4 is 4.74 Å². The first-order chi connectivity index (χ1) is 16.7. The quantitative estimate of drug-likeness (QED) is 0.482. The van der Waals surface area contributed by atoms with Gasteiger partial charge in [-0.1, -0.05) is 0 Å². The van der Waals surface area contributed by atoms with Crippen LogP contribution in [0.25, 0.3) is 11.3 Å². The Morgan fingerprint density at radius 1 is 1.11 bits per heavy atom. The molecular weight excluding hydrogens is 464 g/mol. The third-order valence-electron chi connectivity index (χ3n) is 6.57. The molecule has 3 aromatic heterocycles. The summed E-state index contributed by atoms with van der Waals surface area (Å²) in [5.74, 6) is -0.657. The molecule has 6 rings (SSSR count). The fourth-order valence-electron chi connectivity index (χ4n) is 4.90. The zero-order valence-electron chi connectivity index (χ0n) is 18.8. The predicted octanol–water partition coefficient (Wildman–Crippen LogP) is 5.08. The van der Waals surface area contributed by atoms with E-state index in [9.17, 15) is 22.4 Å². The van der Waals surface area contributed by atoms with E-state index in [2.05, 4.69) is 15.0 Å². The molecule has 6 nitrogen and oxygen atoms in total. The van der Waals surface area contributed by atoms with Crippen molar-refractivity contribution in [2.24, 2.45) is 5.92 Å². The highest BCUT2D eigenvalue weighted by molar-refractivity contribution is 5.99. The van der Waals surface area contributed by atoms with Gasteiger partial charge in [0.05, 0.1) is 11.6 Å². The third-order valence-corrected chi connectivity index (χ3v) is 6.57. The first kappa shape index (κ1) is 23.2. The molecule has 35 heavy (non-hydrogen) atoms. The van der Waals surface area contributed by atoms with Gasteiger partial charge >= 0.3 is 6.18 Å². The fourth-order valence-corrected chi connectivity index (χ4v) is 4.90. The standard InChI is InChI=1S/C25H22F4N4O2/c1-14-4-7-17(22-18(26)3-2-10-30-22)23(32-14)24(34)33-13-15-5-8-19(33)20(11-15)35-21-9-6-16(12-31-21)25(27,28)29/h2-4,6-7,9-10,12,15,19-20H,5,8,11,13H2,1H3/t15?,19-,20+/m0/s1. The molecular formula is C25H22F4N4O2. The number of rotatable bonds is 4. The van der Waals surface area contributed by atoms with Crippen LogP contribution in [0.2, 0.25) is 0 Å². The minimum atomic E-state index is -4.48. The van der Waals surface area contributed by atoms with E-state index in [1.165, 1.54) is 24.4 Å². The van der Waals surface area contributed by atoms with Crippen molar-refractivity contribution in [2.75, 3.05) is 6.54 Å². The van der Waals surface area contributed by atoms with Crippen LogP contribution in [0.4, 0.5) is 17.6 Å². The number of hydrogen-bond acceptors (Lipinski definition) is 5. The monoisotopic (exact) mass is 486 g/mol. The Labute approximate surface area is 199 Å². The van der Waals surface area contributed by atoms with E-state index < -0.39 is 23.7 Å². The maximum atomic E-state index is 14.5. The molecule has 0 spiro atoms. The van der Waals surface area contributed by atoms with E-state index in [1.54, 1.807) is 24.0 Å². The van der Waals surface area contributed by atoms with E-state index in [0.717, 1.165) is 18.7 Å². The zero-order chi connectivity index (χ0) is 24.7. The van der Waals surface area contributed by atoms with Crippen molar-refractivity contribution in [3.05, 3.63) is 71.6 Å². The molecule has 1 saturated carbocycles. The van der Waals surface area contributed by atoms with Crippen LogP contribution >= 0.6 is 0 Å². The predicted molar refractivity (Wildman–Crippen MR) is 118 cm³/mol. The average Bonchev–Trinajstić information content (AvgIpc) is 2.84. The molecule has 182 valence electrons. The van der Waals surface area contributed by atoms with Crippen molar-refractivity contribution in [1.29, 1.82) is 0 Å². The number of piperidine rings is 2. The summed E-state index contributed by atoms with van der Waals surface area (Å²) in [6.07, 6.45) is -0.446. The Balaban J connectivity index is 1.42. The summed E-state index contributed by atoms with van der Waals surface area (Å²) >= 11 is 0. The lowest BCUT2D eigenvalue weighted by atomic mass is 9.77. The van der Waals surface area contributed by atoms with Gasteiger partial charge in [-0.3, -0.25) is 9.78 Å². The van der Waals surface area contributed by atoms with Gasteiger partial charge in [0.25, 0.3) is 5.91 Å². The summed E-state index contributed by atoms with van der Waals surface area (Å²) in [6.45, 7) is 2.25. The Bertz CT molecular complexity index is 1250. The molecule has 5 heterocycles. The molecule has 3 aromatic rings. The summed E-state index contributed by atoms with van der Waals surface area (Å²) in [5, 5.41) is 0. The molecule has 3 fully saturated rings. The highest BCUT2D eigenvalue weighted by Gasteiger charge is 2.45. The van der Waals surface area contributed by atoms with Crippen molar-refractivity contribution >= 4 is 5.91 Å². The van der Waals surface area contributed by atoms with Crippen molar-refractivity contribution in [3.8, 4) is 17.1 Å². The van der Waals surface area contributed by atoms with Crippen molar-refractivity contribution in [1.82, 2.24) is 19.9 Å². The number of nitrogens with zero attached hydrogens (tertiary/aromatic N) is 4. The second-order valence-corrected chi connectivity index (χ2v) is 8.93. The minimum absolute atomic E-state index is 0.0484. The molecule has 3 aliphatic rings. The Hall–Kier alpha value is -3.56. The lowest BCUT2D eigenvalue weighted by Crippen LogP contribution is -2.59. The van der Waals surface area contributed by atoms with Gasteiger partial charge in [0.2, 0.25) is 5.88 Å². The number of alkyl halides is 3. The van der Waals surface area contributed by atoms with Gasteiger partial charge in [0, 0.05) is 36.3 Å². The zero-order valence-corrected chi connectivity index (χ0v) is 18.8. The first-order valence-electron chi connectivity index (χ1n) is 11.3. The summed E-state index contributed by atoms with van der Waals surface area (Å²) in [7, 11) is 0. The molecule has 2 aliphatic heterocycles. The summed E-state index contributed by atoms with van der Waals surface area (Å²) in [5.41, 5.74) is 0.222. The van der Waals surface area contributed by atoms with Crippen LogP contribution in [-0.4, -0.2) is 44.4 Å². The fraction of sp³-hybridized carbons (Fsp3) is 0.360. The van der Waals surface area contributed by atoms with Gasteiger partial charge in [-0.25, -0.2) is 14.4 Å². The minimum Gasteiger partial charge on any atom is -0.472 e. The molecule has 1 unspecified atom stereocenters. The molecule has 0 radical (unpaired) electrons. The normalized spacial score (nSPS) is 21.7. The molecule has 2 bridgehead atoms. The number of ether oxygens (including phenoxy) is 1. The maximum absolute atomic E-state index is 14.5. The Kier molecular flexibility index (Phi) is 5.90. The first-order valence-corrected chi connectivity index (χ1v) is 11.3. The number of halogens is 4. The number of fused-ring (bicyclic) bond motifs is 3. The number of carbonyl (C=O) groups excluding carboxylic acids is 1. The second-order valence-electron chi connectivity index (χ2n) is 8.93. The van der Waals surface area contributed by atoms with Crippen LogP contribution in [0.5, 0.6) is 5.88 Å². The molecule has 0 aromatic carbocycles. The van der Waals surface area contributed by atoms with Crippen LogP contribution in [0, 0.1) is 18.7 Å². The van der Waals surface area contributed by atoms with Gasteiger partial charge in [0.15, 0.2) is 0 Å². The Morgan fingerprint density at radius 2 is 1.94 bits per heavy atom. The molecule has 1 aliphatic carbocycles. The topological polar surface area (TPSA) is 68.2 Å². The summed E-state index contributed by atoms with van der Waals surface area (Å²) in [4.78, 5) is 27.8. The smallest absolute Gasteiger partial charge is 0.417 e. The Morgan fingerprint density at radius 3 is 2.63 bits per heavy atom. The summed E-state index contributed by atoms with van der Waals surface area (Å²) in [6, 6.07) is 7.91. The SMILES string of the molecule is Cc1ccc(-c2ncccc2F)c(C(=O)N2CC3CC[C@H]2[C@H](Oc2ccc(C(F)(F)F)cn2)C3)n1. The summed E-state index contributed by atoms with van der Waals surface area (Å²) < 4.78 is 59.0. The van der Waals surface area contributed by atoms with E-state index in [4.69, 9.17) is 4.74 Å². The molecule has 3 atom stereocenters. The van der Waals surface area contributed by atoms with E-state index >= 15 is 0 Å². The van der Waals surface area contributed by atoms with Crippen LogP contribution in [0.3, 0.4) is 0 Å². The average molecular weight is 486 g/mol. The van der Waals surface area contributed by atoms with E-state index in [0.29, 0.717) is 30.6 Å². The highest BCUT2D eigenvalue weighted by Crippen LogP contribution is 2.39. The van der Waals surface area contributed by atoms with Crippen molar-refractivity contribution < 1.29 is 27.1 Å². The van der Waals surface area contributed by atoms with Gasteiger partial charge in [-0.05, 0) is 62.4 Å². The van der Waals surface area contributed by atoms with Gasteiger partial charge in [-0.2, -0.15) is 13.2 Å². The second kappa shape index (κ2) is 8.90. The van der Waals surface area contributed by atoms with Crippen LogP contribution in [0.1, 0.15) is 41.0 Å². The maximum Gasteiger partial charge on any atom is 0.417 e. The lowest BCUT2D eigenvalue weighted by Gasteiger charge is -2.49. The number of aromatic nitrogens is 3. The number of pyridine rings is 3. The van der Waals surface area contributed by atoms with Gasteiger partial charge in [-0.15, -0.1) is 0 Å². The van der Waals surface area contributed by atoms with Gasteiger partial charge in [0.1, 0.15) is 23.3 Å². The van der Waals surface area contributed by atoms with Gasteiger partial charge < -0.3 is 9.64 Å². The van der Waals surface area contributed by atoms with Crippen molar-refractivity contribution in [2.45, 2.75) is 44.5 Å². The van der Waals surface area contributed by atoms with E-state index in [-0.39, 0.29) is 35.1 Å². The van der Waals surface area contributed by atoms with Crippen LogP contribution in [-0.2, 0) is 6.18 Å². The lowest BCUT2D eigenvalue weighted by molar-refractivity contribution is -0.137. The number of amides is 1. The molecule has 10 heteroatoms. The molecule has 1 amide bonds. The number of hydrogen-bond donors (Lipinski definition) is 0. The van der Waals surface area contributed by atoms with Crippen molar-refractivity contribution in [3.63, 3.8) is 0 Å². The molecule has 0 N–H and O–H groups in total. The van der Waals surface area contributed by atoms with E-state index in [1.807, 2.05) is 0 Å². The third kappa shape index (κ3) is 4.56. The largest absolute Gasteiger partial charge is 0.472 e. The number of carbonyl (C=O) groups is 1.